The van der Waals surface area contributed by atoms with Crippen molar-refractivity contribution in [2.75, 3.05) is 20.1 Å². The summed E-state index contributed by atoms with van der Waals surface area (Å²) in [5.74, 6) is 0. The third-order valence-electron chi connectivity index (χ3n) is 3.10. The van der Waals surface area contributed by atoms with E-state index < -0.39 is 0 Å². The Kier molecular flexibility index (Phi) is 3.68. The number of nitrogens with two attached hydrogens (primary N) is 1. The highest BCUT2D eigenvalue weighted by Crippen LogP contribution is 2.15. The lowest BCUT2D eigenvalue weighted by Gasteiger charge is -2.28. The second-order valence-electron chi connectivity index (χ2n) is 5.74. The lowest BCUT2D eigenvalue weighted by molar-refractivity contribution is 0.208. The molecule has 0 amide bonds. The van der Waals surface area contributed by atoms with Crippen LogP contribution in [0.3, 0.4) is 0 Å². The van der Waals surface area contributed by atoms with Gasteiger partial charge in [0.2, 0.25) is 0 Å². The first kappa shape index (κ1) is 13.1. The number of imidazole rings is 1. The zero-order valence-electron chi connectivity index (χ0n) is 11.4. The molecule has 0 fully saturated rings. The van der Waals surface area contributed by atoms with Gasteiger partial charge in [-0.3, -0.25) is 4.90 Å². The van der Waals surface area contributed by atoms with Crippen LogP contribution >= 0.6 is 0 Å². The summed E-state index contributed by atoms with van der Waals surface area (Å²) in [5, 5.41) is 0. The van der Waals surface area contributed by atoms with Gasteiger partial charge < -0.3 is 10.1 Å². The molecule has 2 N–H and O–H groups in total. The van der Waals surface area contributed by atoms with Crippen LogP contribution < -0.4 is 5.73 Å². The Morgan fingerprint density at radius 2 is 2.17 bits per heavy atom. The van der Waals surface area contributed by atoms with Crippen LogP contribution in [0.25, 0.3) is 5.65 Å². The van der Waals surface area contributed by atoms with Crippen molar-refractivity contribution in [3.05, 3.63) is 36.3 Å². The molecule has 0 bridgehead atoms. The van der Waals surface area contributed by atoms with Crippen LogP contribution in [0.2, 0.25) is 0 Å². The van der Waals surface area contributed by atoms with Gasteiger partial charge in [-0.2, -0.15) is 0 Å². The highest BCUT2D eigenvalue weighted by Gasteiger charge is 2.18. The van der Waals surface area contributed by atoms with Gasteiger partial charge in [0.15, 0.2) is 0 Å². The van der Waals surface area contributed by atoms with Crippen molar-refractivity contribution in [1.29, 1.82) is 0 Å². The van der Waals surface area contributed by atoms with Gasteiger partial charge in [0.05, 0.1) is 5.69 Å². The number of pyridine rings is 1. The minimum Gasteiger partial charge on any atom is -0.330 e. The average Bonchev–Trinajstić information content (AvgIpc) is 2.70. The lowest BCUT2D eigenvalue weighted by Crippen LogP contribution is -2.36. The largest absolute Gasteiger partial charge is 0.330 e. The Morgan fingerprint density at radius 1 is 1.39 bits per heavy atom. The van der Waals surface area contributed by atoms with Crippen molar-refractivity contribution >= 4 is 5.65 Å². The molecule has 0 aromatic carbocycles. The van der Waals surface area contributed by atoms with Gasteiger partial charge in [0.25, 0.3) is 0 Å². The van der Waals surface area contributed by atoms with E-state index in [4.69, 9.17) is 5.73 Å². The number of nitrogens with zero attached hydrogens (tertiary/aromatic N) is 3. The molecule has 0 unspecified atom stereocenters. The summed E-state index contributed by atoms with van der Waals surface area (Å²) in [6.45, 7) is 6.89. The first-order chi connectivity index (χ1) is 8.50. The van der Waals surface area contributed by atoms with Crippen LogP contribution in [0.1, 0.15) is 19.5 Å². The molecule has 2 heterocycles. The molecule has 4 heteroatoms. The monoisotopic (exact) mass is 246 g/mol. The Hall–Kier alpha value is -1.39. The summed E-state index contributed by atoms with van der Waals surface area (Å²) >= 11 is 0. The summed E-state index contributed by atoms with van der Waals surface area (Å²) in [5.41, 5.74) is 8.00. The molecule has 4 nitrogen and oxygen atoms in total. The van der Waals surface area contributed by atoms with Gasteiger partial charge in [-0.1, -0.05) is 19.9 Å². The molecule has 0 aliphatic rings. The first-order valence-corrected chi connectivity index (χ1v) is 6.31. The molecule has 2 aromatic rings. The van der Waals surface area contributed by atoms with Crippen molar-refractivity contribution in [3.63, 3.8) is 0 Å². The maximum absolute atomic E-state index is 5.76. The second kappa shape index (κ2) is 5.08. The van der Waals surface area contributed by atoms with Gasteiger partial charge in [-0.15, -0.1) is 0 Å². The summed E-state index contributed by atoms with van der Waals surface area (Å²) in [4.78, 5) is 6.87. The Morgan fingerprint density at radius 3 is 2.83 bits per heavy atom. The van der Waals surface area contributed by atoms with E-state index in [0.29, 0.717) is 6.54 Å². The van der Waals surface area contributed by atoms with E-state index in [0.717, 1.165) is 24.4 Å². The van der Waals surface area contributed by atoms with E-state index in [1.807, 2.05) is 24.4 Å². The molecule has 0 aliphatic carbocycles. The maximum Gasteiger partial charge on any atom is 0.137 e. The van der Waals surface area contributed by atoms with Crippen LogP contribution in [-0.2, 0) is 6.54 Å². The summed E-state index contributed by atoms with van der Waals surface area (Å²) in [7, 11) is 2.11. The second-order valence-corrected chi connectivity index (χ2v) is 5.74. The highest BCUT2D eigenvalue weighted by atomic mass is 15.1. The van der Waals surface area contributed by atoms with Gasteiger partial charge >= 0.3 is 0 Å². The van der Waals surface area contributed by atoms with Gasteiger partial charge in [0.1, 0.15) is 5.65 Å². The lowest BCUT2D eigenvalue weighted by atomic mass is 9.93. The highest BCUT2D eigenvalue weighted by molar-refractivity contribution is 5.39. The fraction of sp³-hybridized carbons (Fsp3) is 0.500. The fourth-order valence-electron chi connectivity index (χ4n) is 2.19. The van der Waals surface area contributed by atoms with Crippen molar-refractivity contribution < 1.29 is 0 Å². The minimum atomic E-state index is 0.147. The van der Waals surface area contributed by atoms with Crippen LogP contribution in [0.5, 0.6) is 0 Å². The van der Waals surface area contributed by atoms with Crippen LogP contribution in [-0.4, -0.2) is 34.4 Å². The van der Waals surface area contributed by atoms with Crippen molar-refractivity contribution in [3.8, 4) is 0 Å². The first-order valence-electron chi connectivity index (χ1n) is 6.31. The number of aromatic nitrogens is 2. The molecule has 98 valence electrons. The molecular weight excluding hydrogens is 224 g/mol. The quantitative estimate of drug-likeness (QED) is 0.874. The predicted molar refractivity (Wildman–Crippen MR) is 74.4 cm³/mol. The molecule has 0 spiro atoms. The zero-order chi connectivity index (χ0) is 13.2. The standard InChI is InChI=1S/C14H22N4/c1-14(2,10-15)11-17(3)8-12-9-18-7-5-4-6-13(18)16-12/h4-7,9H,8,10-11,15H2,1-3H3. The smallest absolute Gasteiger partial charge is 0.137 e. The third kappa shape index (κ3) is 3.09. The number of hydrogen-bond donors (Lipinski definition) is 1. The minimum absolute atomic E-state index is 0.147. The summed E-state index contributed by atoms with van der Waals surface area (Å²) in [6.07, 6.45) is 4.11. The molecule has 0 radical (unpaired) electrons. The predicted octanol–water partition coefficient (Wildman–Crippen LogP) is 1.75. The average molecular weight is 246 g/mol. The van der Waals surface area contributed by atoms with Crippen molar-refractivity contribution in [2.45, 2.75) is 20.4 Å². The van der Waals surface area contributed by atoms with Crippen LogP contribution in [0.15, 0.2) is 30.6 Å². The van der Waals surface area contributed by atoms with Crippen LogP contribution in [0.4, 0.5) is 0 Å². The van der Waals surface area contributed by atoms with Gasteiger partial charge in [0, 0.05) is 25.5 Å². The maximum atomic E-state index is 5.76. The Labute approximate surface area is 108 Å². The van der Waals surface area contributed by atoms with Crippen molar-refractivity contribution in [2.24, 2.45) is 11.1 Å². The molecule has 0 saturated heterocycles. The fourth-order valence-corrected chi connectivity index (χ4v) is 2.19. The summed E-state index contributed by atoms with van der Waals surface area (Å²) < 4.78 is 2.05. The number of fused-ring (bicyclic) bond motifs is 1. The number of rotatable bonds is 5. The zero-order valence-corrected chi connectivity index (χ0v) is 11.4. The topological polar surface area (TPSA) is 46.6 Å². The van der Waals surface area contributed by atoms with E-state index >= 15 is 0 Å². The molecule has 0 aliphatic heterocycles. The molecular formula is C14H22N4. The Bertz CT molecular complexity index is 482. The van der Waals surface area contributed by atoms with Gasteiger partial charge in [-0.25, -0.2) is 4.98 Å². The van der Waals surface area contributed by atoms with E-state index in [1.165, 1.54) is 0 Å². The molecule has 0 atom stereocenters. The van der Waals surface area contributed by atoms with E-state index in [-0.39, 0.29) is 5.41 Å². The Balaban J connectivity index is 2.05. The third-order valence-corrected chi connectivity index (χ3v) is 3.10. The van der Waals surface area contributed by atoms with E-state index in [2.05, 4.69) is 41.4 Å². The summed E-state index contributed by atoms with van der Waals surface area (Å²) in [6, 6.07) is 6.04. The normalized spacial score (nSPS) is 12.5. The van der Waals surface area contributed by atoms with E-state index in [1.54, 1.807) is 0 Å². The molecule has 18 heavy (non-hydrogen) atoms. The SMILES string of the molecule is CN(Cc1cn2ccccc2n1)CC(C)(C)CN. The van der Waals surface area contributed by atoms with Crippen LogP contribution in [0, 0.1) is 5.41 Å². The molecule has 2 aromatic heterocycles. The van der Waals surface area contributed by atoms with E-state index in [9.17, 15) is 0 Å². The molecule has 0 saturated carbocycles. The number of hydrogen-bond acceptors (Lipinski definition) is 3. The molecule has 2 rings (SSSR count). The van der Waals surface area contributed by atoms with Gasteiger partial charge in [-0.05, 0) is 31.1 Å². The van der Waals surface area contributed by atoms with Crippen molar-refractivity contribution in [1.82, 2.24) is 14.3 Å².